The molecule has 0 aromatic heterocycles. The summed E-state index contributed by atoms with van der Waals surface area (Å²) in [5.41, 5.74) is -1.76. The molecule has 1 spiro atoms. The number of aliphatic hydroxyl groups is 1. The van der Waals surface area contributed by atoms with E-state index in [-0.39, 0.29) is 41.0 Å². The highest BCUT2D eigenvalue weighted by atomic mass is 16.8. The quantitative estimate of drug-likeness (QED) is 0.592. The summed E-state index contributed by atoms with van der Waals surface area (Å²) in [4.78, 5) is 24.3. The molecule has 6 rings (SSSR count). The van der Waals surface area contributed by atoms with E-state index in [1.807, 2.05) is 6.92 Å². The van der Waals surface area contributed by atoms with Gasteiger partial charge in [0, 0.05) is 5.92 Å². The average molecular weight is 449 g/mol. The van der Waals surface area contributed by atoms with Crippen LogP contribution in [0.1, 0.15) is 78.6 Å². The maximum Gasteiger partial charge on any atom is 0.311 e. The van der Waals surface area contributed by atoms with Crippen molar-refractivity contribution in [2.75, 3.05) is 0 Å². The Morgan fingerprint density at radius 2 is 1.81 bits per heavy atom. The molecule has 178 valence electrons. The predicted octanol–water partition coefficient (Wildman–Crippen LogP) is 3.48. The number of carbonyl (C=O) groups is 2. The van der Waals surface area contributed by atoms with Crippen LogP contribution in [0.15, 0.2) is 0 Å². The SMILES string of the molecule is C[C@@]12CC[C@@H]3[C@](C)(CCC[C@]3(C)C(=O)O)[C@H]1CC[C@@H]1[C@@H]3O[C@H]4OC(=O)C[C@]4(O3)[C@H](O)C[C@H]12. The number of esters is 1. The van der Waals surface area contributed by atoms with Crippen molar-refractivity contribution in [2.24, 2.45) is 39.9 Å². The van der Waals surface area contributed by atoms with Gasteiger partial charge in [0.05, 0.1) is 17.9 Å². The zero-order valence-electron chi connectivity index (χ0n) is 19.3. The minimum absolute atomic E-state index is 0.0152. The molecule has 6 fully saturated rings. The van der Waals surface area contributed by atoms with Crippen molar-refractivity contribution in [3.63, 3.8) is 0 Å². The van der Waals surface area contributed by atoms with Gasteiger partial charge in [-0.1, -0.05) is 20.3 Å². The Balaban J connectivity index is 1.36. The molecular weight excluding hydrogens is 412 g/mol. The van der Waals surface area contributed by atoms with Crippen LogP contribution in [-0.4, -0.2) is 46.4 Å². The maximum absolute atomic E-state index is 12.3. The van der Waals surface area contributed by atoms with Crippen molar-refractivity contribution in [1.29, 1.82) is 0 Å². The van der Waals surface area contributed by atoms with Gasteiger partial charge in [-0.15, -0.1) is 0 Å². The van der Waals surface area contributed by atoms with Crippen LogP contribution < -0.4 is 0 Å². The lowest BCUT2D eigenvalue weighted by Crippen LogP contribution is -2.62. The first-order valence-corrected chi connectivity index (χ1v) is 12.5. The zero-order chi connectivity index (χ0) is 22.7. The van der Waals surface area contributed by atoms with Crippen LogP contribution in [0.2, 0.25) is 0 Å². The lowest BCUT2D eigenvalue weighted by atomic mass is 9.38. The number of carbonyl (C=O) groups excluding carboxylic acids is 1. The van der Waals surface area contributed by atoms with Crippen molar-refractivity contribution in [2.45, 2.75) is 103 Å². The van der Waals surface area contributed by atoms with Gasteiger partial charge in [0.2, 0.25) is 6.29 Å². The van der Waals surface area contributed by atoms with E-state index >= 15 is 0 Å². The summed E-state index contributed by atoms with van der Waals surface area (Å²) in [5, 5.41) is 21.5. The van der Waals surface area contributed by atoms with Gasteiger partial charge in [0.1, 0.15) is 0 Å². The fourth-order valence-electron chi connectivity index (χ4n) is 9.70. The molecule has 0 unspecified atom stereocenters. The third kappa shape index (κ3) is 2.43. The summed E-state index contributed by atoms with van der Waals surface area (Å²) < 4.78 is 17.8. The molecule has 7 heteroatoms. The molecule has 7 nitrogen and oxygen atoms in total. The van der Waals surface area contributed by atoms with E-state index in [0.717, 1.165) is 44.9 Å². The van der Waals surface area contributed by atoms with E-state index in [9.17, 15) is 19.8 Å². The first kappa shape index (κ1) is 21.4. The second kappa shape index (κ2) is 6.48. The third-order valence-electron chi connectivity index (χ3n) is 11.2. The minimum Gasteiger partial charge on any atom is -0.481 e. The summed E-state index contributed by atoms with van der Waals surface area (Å²) in [7, 11) is 0. The van der Waals surface area contributed by atoms with Gasteiger partial charge < -0.3 is 24.4 Å². The predicted molar refractivity (Wildman–Crippen MR) is 112 cm³/mol. The molecule has 6 aliphatic rings. The maximum atomic E-state index is 12.3. The number of ether oxygens (including phenoxy) is 3. The lowest BCUT2D eigenvalue weighted by Gasteiger charge is -2.66. The monoisotopic (exact) mass is 448 g/mol. The molecule has 3 saturated carbocycles. The second-order valence-corrected chi connectivity index (χ2v) is 12.4. The smallest absolute Gasteiger partial charge is 0.311 e. The number of rotatable bonds is 1. The van der Waals surface area contributed by atoms with E-state index in [2.05, 4.69) is 13.8 Å². The highest BCUT2D eigenvalue weighted by molar-refractivity contribution is 5.75. The first-order valence-electron chi connectivity index (χ1n) is 12.5. The highest BCUT2D eigenvalue weighted by Gasteiger charge is 2.70. The Hall–Kier alpha value is -1.18. The standard InChI is InChI=1S/C25H36O7/c1-22-10-7-16-23(2,8-4-9-24(16,3)20(28)29)15(22)6-5-13-14(22)11-17(26)25-12-18(27)30-21(25)31-19(13)32-25/h13-17,19,21,26H,4-12H2,1-3H3,(H,28,29)/t13-,14+,15-,16+,17+,19+,21+,22-,23+,24-,25-/m0/s1. The summed E-state index contributed by atoms with van der Waals surface area (Å²) in [5.74, 6) is -0.0560. The normalized spacial score (nSPS) is 58.6. The van der Waals surface area contributed by atoms with Gasteiger partial charge in [0.15, 0.2) is 11.9 Å². The largest absolute Gasteiger partial charge is 0.481 e. The molecule has 3 aliphatic heterocycles. The van der Waals surface area contributed by atoms with Crippen molar-refractivity contribution in [3.8, 4) is 0 Å². The number of hydrogen-bond acceptors (Lipinski definition) is 6. The van der Waals surface area contributed by atoms with Crippen molar-refractivity contribution in [3.05, 3.63) is 0 Å². The molecule has 2 bridgehead atoms. The van der Waals surface area contributed by atoms with Crippen LogP contribution in [0.5, 0.6) is 0 Å². The van der Waals surface area contributed by atoms with E-state index in [1.54, 1.807) is 0 Å². The Labute approximate surface area is 189 Å². The second-order valence-electron chi connectivity index (χ2n) is 12.4. The Morgan fingerprint density at radius 1 is 1.03 bits per heavy atom. The summed E-state index contributed by atoms with van der Waals surface area (Å²) >= 11 is 0. The summed E-state index contributed by atoms with van der Waals surface area (Å²) in [6.07, 6.45) is 5.20. The van der Waals surface area contributed by atoms with Crippen LogP contribution in [0.4, 0.5) is 0 Å². The molecule has 0 amide bonds. The number of aliphatic hydroxyl groups excluding tert-OH is 1. The van der Waals surface area contributed by atoms with Crippen molar-refractivity contribution >= 4 is 11.9 Å². The summed E-state index contributed by atoms with van der Waals surface area (Å²) in [6, 6.07) is 0. The summed E-state index contributed by atoms with van der Waals surface area (Å²) in [6.45, 7) is 6.70. The number of hydrogen-bond donors (Lipinski definition) is 2. The van der Waals surface area contributed by atoms with E-state index < -0.39 is 35.7 Å². The van der Waals surface area contributed by atoms with Crippen LogP contribution in [0.3, 0.4) is 0 Å². The van der Waals surface area contributed by atoms with E-state index in [0.29, 0.717) is 12.3 Å². The van der Waals surface area contributed by atoms with Crippen LogP contribution in [0, 0.1) is 39.9 Å². The van der Waals surface area contributed by atoms with Gasteiger partial charge in [-0.05, 0) is 80.5 Å². The van der Waals surface area contributed by atoms with E-state index in [1.165, 1.54) is 0 Å². The average Bonchev–Trinajstić information content (AvgIpc) is 3.17. The molecular formula is C25H36O7. The van der Waals surface area contributed by atoms with Gasteiger partial charge in [0.25, 0.3) is 0 Å². The van der Waals surface area contributed by atoms with Gasteiger partial charge >= 0.3 is 11.9 Å². The van der Waals surface area contributed by atoms with Gasteiger partial charge in [-0.2, -0.15) is 0 Å². The fraction of sp³-hybridized carbons (Fsp3) is 0.920. The molecule has 0 radical (unpaired) electrons. The number of carboxylic acid groups (broad SMARTS) is 1. The molecule has 32 heavy (non-hydrogen) atoms. The third-order valence-corrected chi connectivity index (χ3v) is 11.2. The lowest BCUT2D eigenvalue weighted by molar-refractivity contribution is -0.224. The van der Waals surface area contributed by atoms with Crippen LogP contribution >= 0.6 is 0 Å². The molecule has 0 aromatic rings. The highest BCUT2D eigenvalue weighted by Crippen LogP contribution is 2.71. The minimum atomic E-state index is -1.07. The number of carboxylic acids is 1. The molecule has 2 N–H and O–H groups in total. The van der Waals surface area contributed by atoms with Crippen LogP contribution in [-0.2, 0) is 23.8 Å². The van der Waals surface area contributed by atoms with E-state index in [4.69, 9.17) is 14.2 Å². The topological polar surface area (TPSA) is 102 Å². The molecule has 3 saturated heterocycles. The molecule has 3 heterocycles. The van der Waals surface area contributed by atoms with Crippen molar-refractivity contribution < 1.29 is 34.0 Å². The number of fused-ring (bicyclic) bond motifs is 7. The fourth-order valence-corrected chi connectivity index (χ4v) is 9.70. The van der Waals surface area contributed by atoms with Crippen molar-refractivity contribution in [1.82, 2.24) is 0 Å². The molecule has 0 aromatic carbocycles. The zero-order valence-corrected chi connectivity index (χ0v) is 19.3. The van der Waals surface area contributed by atoms with Gasteiger partial charge in [-0.3, -0.25) is 9.59 Å². The molecule has 3 aliphatic carbocycles. The first-order chi connectivity index (χ1) is 15.0. The number of aliphatic carboxylic acids is 1. The van der Waals surface area contributed by atoms with Gasteiger partial charge in [-0.25, -0.2) is 0 Å². The Kier molecular flexibility index (Phi) is 4.33. The Morgan fingerprint density at radius 3 is 2.56 bits per heavy atom. The van der Waals surface area contributed by atoms with Crippen LogP contribution in [0.25, 0.3) is 0 Å². The molecule has 11 atom stereocenters. The Bertz CT molecular complexity index is 859.